The molecular weight excluding hydrogens is 594 g/mol. The molecule has 5 rings (SSSR count). The van der Waals surface area contributed by atoms with Crippen LogP contribution in [0.15, 0.2) is 76.3 Å². The molecule has 0 fully saturated rings. The molecule has 5 aromatic rings. The van der Waals surface area contributed by atoms with Crippen molar-refractivity contribution < 1.29 is 35.6 Å². The van der Waals surface area contributed by atoms with Gasteiger partial charge in [0, 0.05) is 28.2 Å². The highest BCUT2D eigenvalue weighted by Gasteiger charge is 2.32. The maximum Gasteiger partial charge on any atom is 0.573 e. The van der Waals surface area contributed by atoms with Gasteiger partial charge in [-0.2, -0.15) is 0 Å². The smallest absolute Gasteiger partial charge is 0.406 e. The monoisotopic (exact) mass is 609 g/mol. The van der Waals surface area contributed by atoms with Crippen LogP contribution in [0.2, 0.25) is 10.0 Å². The summed E-state index contributed by atoms with van der Waals surface area (Å²) in [5.74, 6) is -1.64. The molecule has 2 N–H and O–H groups in total. The minimum Gasteiger partial charge on any atom is -0.406 e. The van der Waals surface area contributed by atoms with E-state index >= 15 is 0 Å². The SMILES string of the molecule is Cc1ccc2c(-c3c(C(=O)NS(=O)(=O)c4ccc(OC(F)(F)F)cc4)noc3-c3ccc(Cl)c(Cl)c3)c[nH]c2c1. The molecule has 1 amide bonds. The van der Waals surface area contributed by atoms with Crippen LogP contribution in [0.1, 0.15) is 16.1 Å². The number of aromatic nitrogens is 2. The van der Waals surface area contributed by atoms with E-state index in [4.69, 9.17) is 27.7 Å². The normalized spacial score (nSPS) is 12.1. The van der Waals surface area contributed by atoms with Crippen LogP contribution >= 0.6 is 23.2 Å². The molecule has 0 spiro atoms. The number of fused-ring (bicyclic) bond motifs is 1. The Morgan fingerprint density at radius 3 is 2.42 bits per heavy atom. The van der Waals surface area contributed by atoms with Gasteiger partial charge in [-0.15, -0.1) is 13.2 Å². The predicted molar refractivity (Wildman–Crippen MR) is 142 cm³/mol. The second kappa shape index (κ2) is 10.2. The third-order valence-corrected chi connectivity index (χ3v) is 7.88. The quantitative estimate of drug-likeness (QED) is 0.212. The number of aromatic amines is 1. The Kier molecular flexibility index (Phi) is 7.02. The number of ether oxygens (including phenoxy) is 1. The number of carbonyl (C=O) groups is 1. The van der Waals surface area contributed by atoms with Crippen molar-refractivity contribution in [1.29, 1.82) is 0 Å². The Hall–Kier alpha value is -4.00. The summed E-state index contributed by atoms with van der Waals surface area (Å²) in [6, 6.07) is 13.6. The zero-order valence-electron chi connectivity index (χ0n) is 20.1. The summed E-state index contributed by atoms with van der Waals surface area (Å²) in [4.78, 5) is 16.0. The summed E-state index contributed by atoms with van der Waals surface area (Å²) in [6.45, 7) is 1.91. The van der Waals surface area contributed by atoms with Gasteiger partial charge in [0.05, 0.1) is 20.5 Å². The Balaban J connectivity index is 1.56. The minimum atomic E-state index is -4.95. The average molecular weight is 610 g/mol. The molecular formula is C26H16Cl2F3N3O5S. The average Bonchev–Trinajstić information content (AvgIpc) is 3.48. The number of nitrogens with one attached hydrogen (secondary N) is 2. The maximum absolute atomic E-state index is 13.3. The van der Waals surface area contributed by atoms with Crippen molar-refractivity contribution in [2.24, 2.45) is 0 Å². The molecule has 206 valence electrons. The van der Waals surface area contributed by atoms with Crippen molar-refractivity contribution in [2.45, 2.75) is 18.2 Å². The standard InChI is InChI=1S/C26H16Cl2F3N3O5S/c1-13-2-8-17-18(12-32-21(17)10-13)22-23(33-39-24(22)14-3-9-19(27)20(28)11-14)25(35)34-40(36,37)16-6-4-15(5-7-16)38-26(29,30)31/h2-12,32H,1H3,(H,34,35). The first-order valence-corrected chi connectivity index (χ1v) is 13.5. The van der Waals surface area contributed by atoms with E-state index in [2.05, 4.69) is 14.9 Å². The number of amides is 1. The van der Waals surface area contributed by atoms with E-state index in [9.17, 15) is 26.4 Å². The van der Waals surface area contributed by atoms with Crippen LogP contribution in [0, 0.1) is 6.92 Å². The van der Waals surface area contributed by atoms with Gasteiger partial charge in [0.25, 0.3) is 15.9 Å². The first kappa shape index (κ1) is 27.6. The number of rotatable bonds is 6. The zero-order chi connectivity index (χ0) is 28.8. The van der Waals surface area contributed by atoms with Gasteiger partial charge in [-0.1, -0.05) is 40.5 Å². The van der Waals surface area contributed by atoms with Gasteiger partial charge in [-0.25, -0.2) is 13.1 Å². The lowest BCUT2D eigenvalue weighted by atomic mass is 9.98. The molecule has 0 unspecified atom stereocenters. The number of nitrogens with zero attached hydrogens (tertiary/aromatic N) is 1. The number of hydrogen-bond donors (Lipinski definition) is 2. The van der Waals surface area contributed by atoms with Crippen LogP contribution in [0.4, 0.5) is 13.2 Å². The largest absolute Gasteiger partial charge is 0.573 e. The van der Waals surface area contributed by atoms with Crippen LogP contribution < -0.4 is 9.46 Å². The van der Waals surface area contributed by atoms with Crippen LogP contribution in [0.5, 0.6) is 5.75 Å². The Bertz CT molecular complexity index is 1870. The molecule has 14 heteroatoms. The molecule has 40 heavy (non-hydrogen) atoms. The van der Waals surface area contributed by atoms with Gasteiger partial charge in [0.2, 0.25) is 0 Å². The molecule has 2 heterocycles. The van der Waals surface area contributed by atoms with Crippen LogP contribution in [0.25, 0.3) is 33.4 Å². The second-order valence-corrected chi connectivity index (χ2v) is 11.1. The number of H-pyrrole nitrogens is 1. The number of sulfonamides is 1. The van der Waals surface area contributed by atoms with E-state index < -0.39 is 32.9 Å². The summed E-state index contributed by atoms with van der Waals surface area (Å²) >= 11 is 12.2. The van der Waals surface area contributed by atoms with Crippen LogP contribution in [-0.4, -0.2) is 30.8 Å². The summed E-state index contributed by atoms with van der Waals surface area (Å²) in [5.41, 5.74) is 2.45. The molecule has 0 aliphatic rings. The Morgan fingerprint density at radius 2 is 1.75 bits per heavy atom. The number of carbonyl (C=O) groups excluding carboxylic acids is 1. The molecule has 0 aliphatic heterocycles. The molecule has 0 atom stereocenters. The highest BCUT2D eigenvalue weighted by Crippen LogP contribution is 2.40. The van der Waals surface area contributed by atoms with Gasteiger partial charge in [-0.05, 0) is 61.0 Å². The molecule has 8 nitrogen and oxygen atoms in total. The first-order chi connectivity index (χ1) is 18.8. The van der Waals surface area contributed by atoms with Gasteiger partial charge in [0.1, 0.15) is 5.75 Å². The number of hydrogen-bond acceptors (Lipinski definition) is 6. The fraction of sp³-hybridized carbons (Fsp3) is 0.0769. The van der Waals surface area contributed by atoms with E-state index in [1.807, 2.05) is 29.8 Å². The van der Waals surface area contributed by atoms with Crippen molar-refractivity contribution >= 4 is 50.0 Å². The molecule has 2 aromatic heterocycles. The number of halogens is 5. The van der Waals surface area contributed by atoms with E-state index in [-0.39, 0.29) is 27.1 Å². The fourth-order valence-corrected chi connectivity index (χ4v) is 5.28. The highest BCUT2D eigenvalue weighted by atomic mass is 35.5. The van der Waals surface area contributed by atoms with Crippen molar-refractivity contribution in [3.8, 4) is 28.2 Å². The van der Waals surface area contributed by atoms with Crippen molar-refractivity contribution in [3.63, 3.8) is 0 Å². The highest BCUT2D eigenvalue weighted by molar-refractivity contribution is 7.90. The Morgan fingerprint density at radius 1 is 1.02 bits per heavy atom. The van der Waals surface area contributed by atoms with Crippen molar-refractivity contribution in [2.75, 3.05) is 0 Å². The predicted octanol–water partition coefficient (Wildman–Crippen LogP) is 7.12. The van der Waals surface area contributed by atoms with E-state index in [1.165, 1.54) is 12.1 Å². The lowest BCUT2D eigenvalue weighted by molar-refractivity contribution is -0.274. The molecule has 0 bridgehead atoms. The Labute approximate surface area is 234 Å². The molecule has 0 saturated carbocycles. The number of aryl methyl sites for hydroxylation is 1. The number of alkyl halides is 3. The first-order valence-electron chi connectivity index (χ1n) is 11.3. The molecule has 0 radical (unpaired) electrons. The van der Waals surface area contributed by atoms with E-state index in [1.54, 1.807) is 12.3 Å². The van der Waals surface area contributed by atoms with Crippen molar-refractivity contribution in [1.82, 2.24) is 14.9 Å². The molecule has 0 aliphatic carbocycles. The lowest BCUT2D eigenvalue weighted by Gasteiger charge is -2.10. The molecule has 3 aromatic carbocycles. The van der Waals surface area contributed by atoms with E-state index in [0.29, 0.717) is 16.5 Å². The topological polar surface area (TPSA) is 114 Å². The third-order valence-electron chi connectivity index (χ3n) is 5.79. The summed E-state index contributed by atoms with van der Waals surface area (Å²) in [7, 11) is -4.53. The van der Waals surface area contributed by atoms with Gasteiger partial charge >= 0.3 is 6.36 Å². The van der Waals surface area contributed by atoms with Gasteiger partial charge < -0.3 is 14.2 Å². The fourth-order valence-electron chi connectivity index (χ4n) is 4.03. The van der Waals surface area contributed by atoms with Gasteiger partial charge in [0.15, 0.2) is 11.5 Å². The zero-order valence-corrected chi connectivity index (χ0v) is 22.5. The minimum absolute atomic E-state index is 0.122. The van der Waals surface area contributed by atoms with E-state index in [0.717, 1.165) is 35.3 Å². The number of benzene rings is 3. The molecule has 0 saturated heterocycles. The lowest BCUT2D eigenvalue weighted by Crippen LogP contribution is -2.31. The summed E-state index contributed by atoms with van der Waals surface area (Å²) in [5, 5.41) is 5.06. The van der Waals surface area contributed by atoms with Crippen LogP contribution in [0.3, 0.4) is 0 Å². The summed E-state index contributed by atoms with van der Waals surface area (Å²) in [6.07, 6.45) is -3.33. The van der Waals surface area contributed by atoms with Gasteiger partial charge in [-0.3, -0.25) is 4.79 Å². The van der Waals surface area contributed by atoms with Crippen LogP contribution in [-0.2, 0) is 10.0 Å². The maximum atomic E-state index is 13.3. The second-order valence-electron chi connectivity index (χ2n) is 8.57. The van der Waals surface area contributed by atoms with Crippen molar-refractivity contribution in [3.05, 3.63) is 88.2 Å². The third kappa shape index (κ3) is 5.51. The summed E-state index contributed by atoms with van der Waals surface area (Å²) < 4.78 is 74.4.